The van der Waals surface area contributed by atoms with Gasteiger partial charge in [0, 0.05) is 6.54 Å². The van der Waals surface area contributed by atoms with Crippen LogP contribution in [0.4, 0.5) is 0 Å². The first-order valence-corrected chi connectivity index (χ1v) is 8.11. The quantitative estimate of drug-likeness (QED) is 0.844. The summed E-state index contributed by atoms with van der Waals surface area (Å²) in [4.78, 5) is 13.9. The van der Waals surface area contributed by atoms with Crippen molar-refractivity contribution in [2.75, 3.05) is 13.1 Å². The zero-order valence-electron chi connectivity index (χ0n) is 13.5. The van der Waals surface area contributed by atoms with Crippen molar-refractivity contribution in [3.8, 4) is 11.8 Å². The summed E-state index contributed by atoms with van der Waals surface area (Å²) in [6.45, 7) is 12.1. The van der Waals surface area contributed by atoms with E-state index in [0.29, 0.717) is 23.3 Å². The van der Waals surface area contributed by atoms with Gasteiger partial charge in [0.1, 0.15) is 0 Å². The highest BCUT2D eigenvalue weighted by Gasteiger charge is 2.64. The summed E-state index contributed by atoms with van der Waals surface area (Å²) < 4.78 is 0. The van der Waals surface area contributed by atoms with E-state index in [2.05, 4.69) is 44.9 Å². The fraction of sp³-hybridized carbons (Fsp3) is 0.588. The molecule has 0 aliphatic heterocycles. The van der Waals surface area contributed by atoms with Gasteiger partial charge in [-0.15, -0.1) is 11.3 Å². The van der Waals surface area contributed by atoms with Crippen molar-refractivity contribution in [1.29, 1.82) is 0 Å². The van der Waals surface area contributed by atoms with Crippen LogP contribution in [0.5, 0.6) is 0 Å². The van der Waals surface area contributed by atoms with E-state index in [9.17, 15) is 4.79 Å². The van der Waals surface area contributed by atoms with Crippen LogP contribution < -0.4 is 11.1 Å². The summed E-state index contributed by atoms with van der Waals surface area (Å²) in [5.41, 5.74) is 7.01. The second-order valence-corrected chi connectivity index (χ2v) is 7.89. The van der Waals surface area contributed by atoms with Gasteiger partial charge >= 0.3 is 0 Å². The first-order chi connectivity index (χ1) is 9.71. The predicted molar refractivity (Wildman–Crippen MR) is 88.4 cm³/mol. The first kappa shape index (κ1) is 16.1. The van der Waals surface area contributed by atoms with Crippen LogP contribution in [0.3, 0.4) is 0 Å². The van der Waals surface area contributed by atoms with Crippen molar-refractivity contribution in [2.24, 2.45) is 22.5 Å². The van der Waals surface area contributed by atoms with Crippen LogP contribution in [-0.4, -0.2) is 19.0 Å². The lowest BCUT2D eigenvalue weighted by molar-refractivity contribution is 0.0954. The van der Waals surface area contributed by atoms with Crippen molar-refractivity contribution >= 4 is 17.2 Å². The van der Waals surface area contributed by atoms with Gasteiger partial charge in [0.15, 0.2) is 0 Å². The highest BCUT2D eigenvalue weighted by Crippen LogP contribution is 2.67. The Hall–Kier alpha value is -1.31. The largest absolute Gasteiger partial charge is 0.351 e. The normalized spacial score (nSPS) is 18.8. The molecule has 21 heavy (non-hydrogen) atoms. The number of carbonyl (C=O) groups is 1. The van der Waals surface area contributed by atoms with Crippen molar-refractivity contribution in [1.82, 2.24) is 5.32 Å². The Bertz CT molecular complexity index is 602. The molecule has 1 aliphatic carbocycles. The molecular formula is C17H24N2OS. The van der Waals surface area contributed by atoms with E-state index in [0.717, 1.165) is 21.9 Å². The molecular weight excluding hydrogens is 280 g/mol. The Morgan fingerprint density at radius 1 is 1.38 bits per heavy atom. The molecule has 1 fully saturated rings. The number of carbonyl (C=O) groups excluding carboxylic acids is 1. The number of hydrogen-bond donors (Lipinski definition) is 2. The number of nitrogens with one attached hydrogen (secondary N) is 1. The first-order valence-electron chi connectivity index (χ1n) is 7.29. The Labute approximate surface area is 131 Å². The van der Waals surface area contributed by atoms with Gasteiger partial charge in [0.2, 0.25) is 0 Å². The van der Waals surface area contributed by atoms with Gasteiger partial charge in [-0.2, -0.15) is 0 Å². The topological polar surface area (TPSA) is 55.1 Å². The second-order valence-electron chi connectivity index (χ2n) is 6.83. The molecule has 1 heterocycles. The fourth-order valence-electron chi connectivity index (χ4n) is 2.97. The second kappa shape index (κ2) is 5.47. The predicted octanol–water partition coefficient (Wildman–Crippen LogP) is 2.78. The molecule has 0 atom stereocenters. The van der Waals surface area contributed by atoms with Gasteiger partial charge in [-0.1, -0.05) is 39.5 Å². The smallest absolute Gasteiger partial charge is 0.261 e. The molecule has 0 spiro atoms. The molecule has 0 saturated heterocycles. The van der Waals surface area contributed by atoms with Crippen molar-refractivity contribution in [2.45, 2.75) is 34.6 Å². The van der Waals surface area contributed by atoms with Gasteiger partial charge in [-0.3, -0.25) is 4.79 Å². The number of aryl methyl sites for hydroxylation is 1. The third-order valence-electron chi connectivity index (χ3n) is 5.23. The van der Waals surface area contributed by atoms with E-state index in [1.807, 2.05) is 13.0 Å². The van der Waals surface area contributed by atoms with Gasteiger partial charge in [0.25, 0.3) is 5.91 Å². The molecule has 0 unspecified atom stereocenters. The zero-order chi connectivity index (χ0) is 15.8. The number of amides is 1. The molecule has 4 heteroatoms. The fourth-order valence-corrected chi connectivity index (χ4v) is 3.94. The SMILES string of the molecule is Cc1cc(C(=O)NCC2C(C)(C)C2(C)C)sc1C#CCN. The van der Waals surface area contributed by atoms with Crippen LogP contribution in [0.2, 0.25) is 0 Å². The van der Waals surface area contributed by atoms with Gasteiger partial charge in [-0.25, -0.2) is 0 Å². The van der Waals surface area contributed by atoms with E-state index in [4.69, 9.17) is 5.73 Å². The van der Waals surface area contributed by atoms with E-state index >= 15 is 0 Å². The summed E-state index contributed by atoms with van der Waals surface area (Å²) in [7, 11) is 0. The van der Waals surface area contributed by atoms with Crippen LogP contribution >= 0.6 is 11.3 Å². The van der Waals surface area contributed by atoms with E-state index in [-0.39, 0.29) is 5.91 Å². The molecule has 3 N–H and O–H groups in total. The third kappa shape index (κ3) is 2.86. The van der Waals surface area contributed by atoms with E-state index in [1.165, 1.54) is 11.3 Å². The molecule has 0 aromatic carbocycles. The lowest BCUT2D eigenvalue weighted by Gasteiger charge is -2.04. The highest BCUT2D eigenvalue weighted by atomic mass is 32.1. The molecule has 114 valence electrons. The number of nitrogens with two attached hydrogens (primary N) is 1. The molecule has 1 amide bonds. The Morgan fingerprint density at radius 3 is 2.52 bits per heavy atom. The molecule has 1 saturated carbocycles. The van der Waals surface area contributed by atoms with Crippen LogP contribution in [0.1, 0.15) is 47.8 Å². The lowest BCUT2D eigenvalue weighted by atomic mass is 10.0. The van der Waals surface area contributed by atoms with Crippen molar-refractivity contribution < 1.29 is 4.79 Å². The molecule has 1 aliphatic rings. The van der Waals surface area contributed by atoms with Crippen LogP contribution in [0.15, 0.2) is 6.07 Å². The summed E-state index contributed by atoms with van der Waals surface area (Å²) >= 11 is 1.44. The maximum Gasteiger partial charge on any atom is 0.261 e. The van der Waals surface area contributed by atoms with Crippen molar-refractivity contribution in [3.05, 3.63) is 21.4 Å². The summed E-state index contributed by atoms with van der Waals surface area (Å²) in [6.07, 6.45) is 0. The molecule has 0 bridgehead atoms. The minimum atomic E-state index is 0.00222. The minimum absolute atomic E-state index is 0.00222. The number of rotatable bonds is 3. The summed E-state index contributed by atoms with van der Waals surface area (Å²) in [6, 6.07) is 1.91. The third-order valence-corrected chi connectivity index (χ3v) is 6.38. The van der Waals surface area contributed by atoms with Gasteiger partial charge in [0.05, 0.1) is 16.3 Å². The molecule has 0 radical (unpaired) electrons. The van der Waals surface area contributed by atoms with E-state index < -0.39 is 0 Å². The zero-order valence-corrected chi connectivity index (χ0v) is 14.3. The van der Waals surface area contributed by atoms with Crippen molar-refractivity contribution in [3.63, 3.8) is 0 Å². The standard InChI is InChI=1S/C17H24N2OS/c1-11-9-13(21-12(11)7-6-8-18)15(20)19-10-14-16(2,3)17(14,4)5/h9,14H,8,10,18H2,1-5H3,(H,19,20). The summed E-state index contributed by atoms with van der Waals surface area (Å²) in [5, 5.41) is 3.07. The highest BCUT2D eigenvalue weighted by molar-refractivity contribution is 7.14. The maximum atomic E-state index is 12.3. The summed E-state index contributed by atoms with van der Waals surface area (Å²) in [5.74, 6) is 6.39. The molecule has 2 rings (SSSR count). The Balaban J connectivity index is 1.99. The van der Waals surface area contributed by atoms with Crippen LogP contribution in [0, 0.1) is 35.5 Å². The molecule has 1 aromatic heterocycles. The van der Waals surface area contributed by atoms with Crippen LogP contribution in [-0.2, 0) is 0 Å². The lowest BCUT2D eigenvalue weighted by Crippen LogP contribution is -2.26. The number of hydrogen-bond acceptors (Lipinski definition) is 3. The van der Waals surface area contributed by atoms with Gasteiger partial charge in [-0.05, 0) is 35.3 Å². The van der Waals surface area contributed by atoms with E-state index in [1.54, 1.807) is 0 Å². The van der Waals surface area contributed by atoms with Crippen LogP contribution in [0.25, 0.3) is 0 Å². The monoisotopic (exact) mass is 304 g/mol. The van der Waals surface area contributed by atoms with Gasteiger partial charge < -0.3 is 11.1 Å². The Kier molecular flexibility index (Phi) is 4.19. The minimum Gasteiger partial charge on any atom is -0.351 e. The Morgan fingerprint density at radius 2 is 2.00 bits per heavy atom. The average molecular weight is 304 g/mol. The average Bonchev–Trinajstić information content (AvgIpc) is 2.70. The molecule has 1 aromatic rings. The number of thiophene rings is 1. The molecule has 3 nitrogen and oxygen atoms in total. The maximum absolute atomic E-state index is 12.3.